The quantitative estimate of drug-likeness (QED) is 0.325. The van der Waals surface area contributed by atoms with Gasteiger partial charge in [0.25, 0.3) is 0 Å². The van der Waals surface area contributed by atoms with Gasteiger partial charge >= 0.3 is 12.3 Å². The van der Waals surface area contributed by atoms with Gasteiger partial charge < -0.3 is 18.9 Å². The fraction of sp³-hybridized carbons (Fsp3) is 0.308. The van der Waals surface area contributed by atoms with Crippen molar-refractivity contribution in [2.45, 2.75) is 46.0 Å². The Kier molecular flexibility index (Phi) is 5.70. The average Bonchev–Trinajstić information content (AvgIpc) is 3.33. The number of hydrogen-bond donors (Lipinski definition) is 1. The Bertz CT molecular complexity index is 1560. The van der Waals surface area contributed by atoms with Crippen LogP contribution in [-0.2, 0) is 6.54 Å². The molecule has 0 saturated heterocycles. The van der Waals surface area contributed by atoms with Gasteiger partial charge in [-0.2, -0.15) is 5.26 Å². The molecule has 4 aromatic rings. The van der Waals surface area contributed by atoms with Gasteiger partial charge in [0.1, 0.15) is 17.2 Å². The van der Waals surface area contributed by atoms with Crippen molar-refractivity contribution in [3.8, 4) is 34.1 Å². The Morgan fingerprint density at radius 3 is 2.59 bits per heavy atom. The van der Waals surface area contributed by atoms with E-state index in [9.17, 15) is 28.3 Å². The van der Waals surface area contributed by atoms with Crippen LogP contribution in [-0.4, -0.2) is 32.1 Å². The molecule has 0 radical (unpaired) electrons. The van der Waals surface area contributed by atoms with Gasteiger partial charge in [0.05, 0.1) is 22.7 Å². The molecule has 37 heavy (non-hydrogen) atoms. The summed E-state index contributed by atoms with van der Waals surface area (Å²) in [6.07, 6.45) is 0.586. The van der Waals surface area contributed by atoms with Gasteiger partial charge in [0.2, 0.25) is 0 Å². The first-order valence-electron chi connectivity index (χ1n) is 11.5. The number of carboxylic acids is 1. The molecule has 0 spiro atoms. The van der Waals surface area contributed by atoms with Crippen molar-refractivity contribution in [3.05, 3.63) is 53.7 Å². The number of aromatic carboxylic acids is 1. The molecule has 190 valence electrons. The predicted molar refractivity (Wildman–Crippen MR) is 126 cm³/mol. The minimum Gasteiger partial charge on any atom is -0.478 e. The van der Waals surface area contributed by atoms with Crippen molar-refractivity contribution in [3.63, 3.8) is 0 Å². The summed E-state index contributed by atoms with van der Waals surface area (Å²) < 4.78 is 51.2. The second kappa shape index (κ2) is 8.65. The molecule has 1 aliphatic rings. The van der Waals surface area contributed by atoms with Crippen molar-refractivity contribution < 1.29 is 32.3 Å². The summed E-state index contributed by atoms with van der Waals surface area (Å²) in [5.41, 5.74) is 1.96. The Morgan fingerprint density at radius 1 is 1.27 bits per heavy atom. The molecule has 1 fully saturated rings. The molecule has 0 bridgehead atoms. The van der Waals surface area contributed by atoms with Crippen LogP contribution < -0.4 is 4.74 Å². The smallest absolute Gasteiger partial charge is 0.478 e. The number of halogens is 3. The lowest BCUT2D eigenvalue weighted by Crippen LogP contribution is -2.32. The summed E-state index contributed by atoms with van der Waals surface area (Å²) in [5, 5.41) is 23.6. The maximum atomic E-state index is 13.3. The number of pyridine rings is 1. The van der Waals surface area contributed by atoms with E-state index >= 15 is 0 Å². The van der Waals surface area contributed by atoms with Crippen LogP contribution in [0.3, 0.4) is 0 Å². The summed E-state index contributed by atoms with van der Waals surface area (Å²) in [4.78, 5) is 16.1. The highest BCUT2D eigenvalue weighted by Crippen LogP contribution is 2.45. The minimum absolute atomic E-state index is 0.0448. The van der Waals surface area contributed by atoms with Crippen LogP contribution in [0.15, 0.2) is 41.2 Å². The average molecular weight is 510 g/mol. The van der Waals surface area contributed by atoms with E-state index in [1.54, 1.807) is 36.9 Å². The topological polar surface area (TPSA) is 114 Å². The maximum absolute atomic E-state index is 13.3. The number of nitrogens with zero attached hydrogens (tertiary/aromatic N) is 4. The third-order valence-corrected chi connectivity index (χ3v) is 6.80. The summed E-state index contributed by atoms with van der Waals surface area (Å²) in [7, 11) is 0. The molecular weight excluding hydrogens is 489 g/mol. The lowest BCUT2D eigenvalue weighted by molar-refractivity contribution is -0.274. The highest BCUT2D eigenvalue weighted by Gasteiger charge is 2.38. The van der Waals surface area contributed by atoms with E-state index in [1.165, 1.54) is 12.1 Å². The number of aryl methyl sites for hydroxylation is 2. The number of rotatable bonds is 6. The van der Waals surface area contributed by atoms with Gasteiger partial charge in [-0.1, -0.05) is 11.6 Å². The number of aromatic nitrogens is 3. The SMILES string of the molecule is Cc1noc(C)c1-c1cnc2c(c1)c(-c1ccc(C(=O)O)cc1OC(F)(F)F)cn2CC1(C#N)CCC1. The van der Waals surface area contributed by atoms with E-state index in [0.29, 0.717) is 58.6 Å². The van der Waals surface area contributed by atoms with E-state index in [4.69, 9.17) is 4.52 Å². The highest BCUT2D eigenvalue weighted by molar-refractivity contribution is 5.99. The molecule has 1 aromatic carbocycles. The molecule has 0 amide bonds. The largest absolute Gasteiger partial charge is 0.573 e. The zero-order chi connectivity index (χ0) is 26.5. The fourth-order valence-electron chi connectivity index (χ4n) is 4.86. The van der Waals surface area contributed by atoms with Crippen molar-refractivity contribution in [1.29, 1.82) is 5.26 Å². The van der Waals surface area contributed by atoms with E-state index < -0.39 is 23.5 Å². The summed E-state index contributed by atoms with van der Waals surface area (Å²) >= 11 is 0. The zero-order valence-electron chi connectivity index (χ0n) is 19.9. The van der Waals surface area contributed by atoms with Crippen LogP contribution in [0.25, 0.3) is 33.3 Å². The number of ether oxygens (including phenoxy) is 1. The van der Waals surface area contributed by atoms with Crippen LogP contribution in [0.1, 0.15) is 41.1 Å². The van der Waals surface area contributed by atoms with Gasteiger partial charge in [-0.25, -0.2) is 9.78 Å². The van der Waals surface area contributed by atoms with Crippen molar-refractivity contribution >= 4 is 17.0 Å². The van der Waals surface area contributed by atoms with E-state index in [1.807, 2.05) is 0 Å². The Morgan fingerprint density at radius 2 is 2.03 bits per heavy atom. The molecule has 1 N–H and O–H groups in total. The molecule has 8 nitrogen and oxygen atoms in total. The first-order valence-corrected chi connectivity index (χ1v) is 11.5. The molecule has 3 aromatic heterocycles. The predicted octanol–water partition coefficient (Wildman–Crippen LogP) is 6.27. The van der Waals surface area contributed by atoms with Crippen molar-refractivity contribution in [2.24, 2.45) is 5.41 Å². The number of carbonyl (C=O) groups is 1. The number of hydrogen-bond acceptors (Lipinski definition) is 6. The third kappa shape index (κ3) is 4.39. The van der Waals surface area contributed by atoms with Crippen LogP contribution >= 0.6 is 0 Å². The highest BCUT2D eigenvalue weighted by atomic mass is 19.4. The lowest BCUT2D eigenvalue weighted by atomic mass is 9.70. The maximum Gasteiger partial charge on any atom is 0.573 e. The summed E-state index contributed by atoms with van der Waals surface area (Å²) in [6, 6.07) is 7.52. The third-order valence-electron chi connectivity index (χ3n) is 6.80. The number of nitriles is 1. The Hall–Kier alpha value is -4.33. The summed E-state index contributed by atoms with van der Waals surface area (Å²) in [6.45, 7) is 3.84. The first-order chi connectivity index (χ1) is 17.5. The zero-order valence-corrected chi connectivity index (χ0v) is 19.9. The van der Waals surface area contributed by atoms with E-state index in [-0.39, 0.29) is 11.1 Å². The molecule has 3 heterocycles. The monoisotopic (exact) mass is 510 g/mol. The molecule has 11 heteroatoms. The Balaban J connectivity index is 1.75. The molecule has 0 aliphatic heterocycles. The lowest BCUT2D eigenvalue weighted by Gasteiger charge is -2.35. The number of alkyl halides is 3. The molecular formula is C26H21F3N4O4. The first kappa shape index (κ1) is 24.4. The Labute approximate surface area is 208 Å². The van der Waals surface area contributed by atoms with Crippen molar-refractivity contribution in [2.75, 3.05) is 0 Å². The molecule has 5 rings (SSSR count). The number of fused-ring (bicyclic) bond motifs is 1. The minimum atomic E-state index is -5.04. The molecule has 0 atom stereocenters. The van der Waals surface area contributed by atoms with Crippen LogP contribution in [0.2, 0.25) is 0 Å². The fourth-order valence-corrected chi connectivity index (χ4v) is 4.86. The molecule has 1 aliphatic carbocycles. The molecule has 0 unspecified atom stereocenters. The van der Waals surface area contributed by atoms with Crippen LogP contribution in [0.4, 0.5) is 13.2 Å². The van der Waals surface area contributed by atoms with Crippen molar-refractivity contribution in [1.82, 2.24) is 14.7 Å². The second-order valence-electron chi connectivity index (χ2n) is 9.27. The van der Waals surface area contributed by atoms with Crippen LogP contribution in [0, 0.1) is 30.6 Å². The van der Waals surface area contributed by atoms with Gasteiger partial charge in [-0.3, -0.25) is 0 Å². The number of benzene rings is 1. The molecule has 1 saturated carbocycles. The standard InChI is InChI=1S/C26H21F3N4O4/c1-14-22(15(2)37-32-14)17-8-19-20(11-33(23(19)31-10-17)13-25(12-30)6-3-7-25)18-5-4-16(24(34)35)9-21(18)36-26(27,28)29/h4-5,8-11H,3,6-7,13H2,1-2H3,(H,34,35). The number of carboxylic acid groups (broad SMARTS) is 1. The van der Waals surface area contributed by atoms with Gasteiger partial charge in [-0.15, -0.1) is 13.2 Å². The van der Waals surface area contributed by atoms with E-state index in [0.717, 1.165) is 12.5 Å². The summed E-state index contributed by atoms with van der Waals surface area (Å²) in [5.74, 6) is -1.47. The normalized spacial score (nSPS) is 14.8. The van der Waals surface area contributed by atoms with E-state index in [2.05, 4.69) is 20.9 Å². The second-order valence-corrected chi connectivity index (χ2v) is 9.27. The van der Waals surface area contributed by atoms with Gasteiger partial charge in [0.15, 0.2) is 0 Å². The van der Waals surface area contributed by atoms with Gasteiger partial charge in [-0.05, 0) is 51.0 Å². The van der Waals surface area contributed by atoms with Crippen LogP contribution in [0.5, 0.6) is 5.75 Å². The van der Waals surface area contributed by atoms with Gasteiger partial charge in [0, 0.05) is 46.6 Å².